The second-order valence-corrected chi connectivity index (χ2v) is 6.10. The van der Waals surface area contributed by atoms with E-state index in [2.05, 4.69) is 22.5 Å². The molecule has 5 heteroatoms. The third-order valence-electron chi connectivity index (χ3n) is 4.28. The fourth-order valence-corrected chi connectivity index (χ4v) is 2.77. The van der Waals surface area contributed by atoms with Gasteiger partial charge < -0.3 is 20.2 Å². The lowest BCUT2D eigenvalue weighted by Crippen LogP contribution is -2.48. The van der Waals surface area contributed by atoms with Gasteiger partial charge in [0.25, 0.3) is 0 Å². The smallest absolute Gasteiger partial charge is 0.191 e. The Morgan fingerprint density at radius 3 is 3.00 bits per heavy atom. The first kappa shape index (κ1) is 15.9. The predicted octanol–water partition coefficient (Wildman–Crippen LogP) is 2.28. The molecule has 2 rings (SSSR count). The Bertz CT molecular complexity index is 444. The van der Waals surface area contributed by atoms with E-state index >= 15 is 0 Å². The largest absolute Gasteiger partial charge is 0.472 e. The lowest BCUT2D eigenvalue weighted by atomic mass is 9.73. The Morgan fingerprint density at radius 1 is 1.48 bits per heavy atom. The van der Waals surface area contributed by atoms with Crippen molar-refractivity contribution in [1.29, 1.82) is 0 Å². The molecule has 0 aromatic carbocycles. The number of rotatable bonds is 5. The van der Waals surface area contributed by atoms with E-state index in [1.54, 1.807) is 12.5 Å². The lowest BCUT2D eigenvalue weighted by molar-refractivity contribution is 0.00397. The zero-order chi connectivity index (χ0) is 15.1. The van der Waals surface area contributed by atoms with Gasteiger partial charge in [-0.15, -0.1) is 0 Å². The minimum Gasteiger partial charge on any atom is -0.472 e. The van der Waals surface area contributed by atoms with Gasteiger partial charge in [0, 0.05) is 24.1 Å². The Labute approximate surface area is 126 Å². The van der Waals surface area contributed by atoms with E-state index in [0.29, 0.717) is 6.54 Å². The van der Waals surface area contributed by atoms with Crippen molar-refractivity contribution in [3.63, 3.8) is 0 Å². The highest BCUT2D eigenvalue weighted by atomic mass is 16.3. The molecule has 0 bridgehead atoms. The molecule has 118 valence electrons. The van der Waals surface area contributed by atoms with Gasteiger partial charge in [-0.25, -0.2) is 4.99 Å². The average molecular weight is 293 g/mol. The van der Waals surface area contributed by atoms with Crippen LogP contribution in [0.4, 0.5) is 0 Å². The van der Waals surface area contributed by atoms with E-state index in [9.17, 15) is 5.11 Å². The van der Waals surface area contributed by atoms with Crippen LogP contribution in [-0.4, -0.2) is 30.3 Å². The van der Waals surface area contributed by atoms with E-state index in [4.69, 9.17) is 4.42 Å². The van der Waals surface area contributed by atoms with Gasteiger partial charge in [-0.2, -0.15) is 0 Å². The molecular weight excluding hydrogens is 266 g/mol. The SMILES string of the molecule is CCNC(=NCc1ccoc1)NCC1(C)CCCCC1O. The van der Waals surface area contributed by atoms with Crippen molar-refractivity contribution in [2.24, 2.45) is 10.4 Å². The fraction of sp³-hybridized carbons (Fsp3) is 0.688. The normalized spacial score (nSPS) is 26.6. The summed E-state index contributed by atoms with van der Waals surface area (Å²) in [6.45, 7) is 6.35. The second kappa shape index (κ2) is 7.50. The molecule has 0 amide bonds. The van der Waals surface area contributed by atoms with E-state index in [1.807, 2.05) is 13.0 Å². The van der Waals surface area contributed by atoms with Gasteiger partial charge in [-0.05, 0) is 25.8 Å². The number of nitrogens with one attached hydrogen (secondary N) is 2. The molecule has 0 radical (unpaired) electrons. The van der Waals surface area contributed by atoms with Crippen molar-refractivity contribution in [2.75, 3.05) is 13.1 Å². The molecule has 1 aliphatic carbocycles. The topological polar surface area (TPSA) is 69.8 Å². The van der Waals surface area contributed by atoms with Crippen LogP contribution in [0.15, 0.2) is 28.0 Å². The van der Waals surface area contributed by atoms with Crippen LogP contribution in [0.3, 0.4) is 0 Å². The van der Waals surface area contributed by atoms with E-state index in [1.165, 1.54) is 6.42 Å². The number of hydrogen-bond donors (Lipinski definition) is 3. The summed E-state index contributed by atoms with van der Waals surface area (Å²) in [6.07, 6.45) is 7.42. The van der Waals surface area contributed by atoms with Gasteiger partial charge in [-0.1, -0.05) is 19.8 Å². The molecule has 3 N–H and O–H groups in total. The zero-order valence-electron chi connectivity index (χ0n) is 13.1. The Hall–Kier alpha value is -1.49. The minimum absolute atomic E-state index is 0.0654. The molecule has 21 heavy (non-hydrogen) atoms. The van der Waals surface area contributed by atoms with E-state index < -0.39 is 0 Å². The van der Waals surface area contributed by atoms with E-state index in [-0.39, 0.29) is 11.5 Å². The number of furan rings is 1. The summed E-state index contributed by atoms with van der Waals surface area (Å²) in [4.78, 5) is 4.55. The maximum absolute atomic E-state index is 10.2. The highest BCUT2D eigenvalue weighted by molar-refractivity contribution is 5.79. The van der Waals surface area contributed by atoms with Crippen molar-refractivity contribution in [2.45, 2.75) is 52.2 Å². The lowest BCUT2D eigenvalue weighted by Gasteiger charge is -2.38. The standard InChI is InChI=1S/C16H27N3O2/c1-3-17-15(18-10-13-7-9-21-11-13)19-12-16(2)8-5-4-6-14(16)20/h7,9,11,14,20H,3-6,8,10,12H2,1-2H3,(H2,17,18,19). The minimum atomic E-state index is -0.226. The first-order chi connectivity index (χ1) is 10.1. The summed E-state index contributed by atoms with van der Waals surface area (Å²) in [7, 11) is 0. The maximum Gasteiger partial charge on any atom is 0.191 e. The number of aliphatic imine (C=N–C) groups is 1. The van der Waals surface area contributed by atoms with Gasteiger partial charge in [0.2, 0.25) is 0 Å². The molecule has 5 nitrogen and oxygen atoms in total. The van der Waals surface area contributed by atoms with Crippen molar-refractivity contribution in [3.05, 3.63) is 24.2 Å². The van der Waals surface area contributed by atoms with Gasteiger partial charge in [0.05, 0.1) is 25.2 Å². The maximum atomic E-state index is 10.2. The summed E-state index contributed by atoms with van der Waals surface area (Å²) in [5.41, 5.74) is 0.987. The van der Waals surface area contributed by atoms with Crippen molar-refractivity contribution >= 4 is 5.96 Å². The van der Waals surface area contributed by atoms with Crippen LogP contribution in [0.1, 0.15) is 45.1 Å². The van der Waals surface area contributed by atoms with Crippen LogP contribution < -0.4 is 10.6 Å². The Kier molecular flexibility index (Phi) is 5.67. The molecular formula is C16H27N3O2. The number of hydrogen-bond acceptors (Lipinski definition) is 3. The molecule has 2 unspecified atom stereocenters. The quantitative estimate of drug-likeness (QED) is 0.575. The summed E-state index contributed by atoms with van der Waals surface area (Å²) in [6, 6.07) is 1.92. The summed E-state index contributed by atoms with van der Waals surface area (Å²) in [5, 5.41) is 16.9. The highest BCUT2D eigenvalue weighted by Gasteiger charge is 2.35. The van der Waals surface area contributed by atoms with Gasteiger partial charge in [0.15, 0.2) is 5.96 Å². The molecule has 1 heterocycles. The Balaban J connectivity index is 1.91. The van der Waals surface area contributed by atoms with Crippen molar-refractivity contribution < 1.29 is 9.52 Å². The number of aliphatic hydroxyl groups excluding tert-OH is 1. The molecule has 1 saturated carbocycles. The molecule has 1 aromatic heterocycles. The summed E-state index contributed by atoms with van der Waals surface area (Å²) < 4.78 is 5.05. The average Bonchev–Trinajstić information content (AvgIpc) is 2.99. The number of guanidine groups is 1. The molecule has 1 aromatic rings. The van der Waals surface area contributed by atoms with Gasteiger partial charge in [-0.3, -0.25) is 0 Å². The van der Waals surface area contributed by atoms with Crippen molar-refractivity contribution in [1.82, 2.24) is 10.6 Å². The summed E-state index contributed by atoms with van der Waals surface area (Å²) in [5.74, 6) is 0.790. The first-order valence-corrected chi connectivity index (χ1v) is 7.85. The van der Waals surface area contributed by atoms with Crippen molar-refractivity contribution in [3.8, 4) is 0 Å². The number of nitrogens with zero attached hydrogens (tertiary/aromatic N) is 1. The Morgan fingerprint density at radius 2 is 2.33 bits per heavy atom. The monoisotopic (exact) mass is 293 g/mol. The highest BCUT2D eigenvalue weighted by Crippen LogP contribution is 2.35. The molecule has 0 spiro atoms. The third kappa shape index (κ3) is 4.49. The van der Waals surface area contributed by atoms with E-state index in [0.717, 1.165) is 43.9 Å². The van der Waals surface area contributed by atoms with Crippen LogP contribution >= 0.6 is 0 Å². The zero-order valence-corrected chi connectivity index (χ0v) is 13.1. The molecule has 1 aliphatic rings. The fourth-order valence-electron chi connectivity index (χ4n) is 2.77. The van der Waals surface area contributed by atoms with Crippen LogP contribution in [0.2, 0.25) is 0 Å². The van der Waals surface area contributed by atoms with Gasteiger partial charge >= 0.3 is 0 Å². The van der Waals surface area contributed by atoms with Crippen LogP contribution in [0.25, 0.3) is 0 Å². The van der Waals surface area contributed by atoms with Crippen LogP contribution in [0, 0.1) is 5.41 Å². The number of aliphatic hydroxyl groups is 1. The predicted molar refractivity (Wildman–Crippen MR) is 84.1 cm³/mol. The molecule has 1 fully saturated rings. The first-order valence-electron chi connectivity index (χ1n) is 7.85. The second-order valence-electron chi connectivity index (χ2n) is 6.10. The van der Waals surface area contributed by atoms with Crippen LogP contribution in [-0.2, 0) is 6.54 Å². The summed E-state index contributed by atoms with van der Waals surface area (Å²) >= 11 is 0. The molecule has 0 saturated heterocycles. The molecule has 0 aliphatic heterocycles. The van der Waals surface area contributed by atoms with Crippen LogP contribution in [0.5, 0.6) is 0 Å². The molecule has 2 atom stereocenters. The van der Waals surface area contributed by atoms with Gasteiger partial charge in [0.1, 0.15) is 0 Å². The third-order valence-corrected chi connectivity index (χ3v) is 4.28.